The highest BCUT2D eigenvalue weighted by Gasteiger charge is 2.27. The van der Waals surface area contributed by atoms with Crippen LogP contribution in [0.25, 0.3) is 0 Å². The number of H-pyrrole nitrogens is 1. The van der Waals surface area contributed by atoms with E-state index in [1.165, 1.54) is 17.2 Å². The summed E-state index contributed by atoms with van der Waals surface area (Å²) in [5, 5.41) is 10.3. The normalized spacial score (nSPS) is 20.7. The van der Waals surface area contributed by atoms with E-state index in [1.807, 2.05) is 24.1 Å². The molecule has 1 unspecified atom stereocenters. The van der Waals surface area contributed by atoms with Gasteiger partial charge in [-0.05, 0) is 67.3 Å². The maximum Gasteiger partial charge on any atom is 0.317 e. The summed E-state index contributed by atoms with van der Waals surface area (Å²) in [5.74, 6) is 0.220. The molecule has 6 heteroatoms. The van der Waals surface area contributed by atoms with Crippen LogP contribution in [0, 0.1) is 12.7 Å². The number of carbonyl (C=O) groups excluding carboxylic acids is 1. The summed E-state index contributed by atoms with van der Waals surface area (Å²) in [5.41, 5.74) is 4.63. The molecule has 1 aliphatic heterocycles. The Morgan fingerprint density at radius 1 is 1.31 bits per heavy atom. The lowest BCUT2D eigenvalue weighted by Gasteiger charge is -2.34. The molecule has 2 amide bonds. The zero-order valence-corrected chi connectivity index (χ0v) is 15.1. The van der Waals surface area contributed by atoms with Crippen LogP contribution >= 0.6 is 0 Å². The Balaban J connectivity index is 1.31. The molecule has 4 rings (SSSR count). The van der Waals surface area contributed by atoms with E-state index in [9.17, 15) is 9.18 Å². The Labute approximate surface area is 153 Å². The van der Waals surface area contributed by atoms with Gasteiger partial charge in [-0.15, -0.1) is 0 Å². The number of hydrogen-bond acceptors (Lipinski definition) is 2. The zero-order chi connectivity index (χ0) is 18.1. The van der Waals surface area contributed by atoms with Crippen molar-refractivity contribution in [2.45, 2.75) is 51.0 Å². The van der Waals surface area contributed by atoms with Gasteiger partial charge in [-0.3, -0.25) is 5.10 Å². The van der Waals surface area contributed by atoms with Crippen LogP contribution in [0.1, 0.15) is 47.6 Å². The van der Waals surface area contributed by atoms with Crippen molar-refractivity contribution in [3.05, 3.63) is 52.6 Å². The number of hydrogen-bond donors (Lipinski definition) is 2. The number of aryl methyl sites for hydroxylation is 2. The van der Waals surface area contributed by atoms with E-state index in [0.717, 1.165) is 56.5 Å². The molecule has 1 saturated heterocycles. The lowest BCUT2D eigenvalue weighted by molar-refractivity contribution is 0.176. The van der Waals surface area contributed by atoms with Crippen LogP contribution in [-0.4, -0.2) is 40.3 Å². The quantitative estimate of drug-likeness (QED) is 0.867. The van der Waals surface area contributed by atoms with Crippen LogP contribution in [0.2, 0.25) is 0 Å². The van der Waals surface area contributed by atoms with Gasteiger partial charge in [0.2, 0.25) is 0 Å². The smallest absolute Gasteiger partial charge is 0.317 e. The predicted octanol–water partition coefficient (Wildman–Crippen LogP) is 3.30. The molecule has 0 spiro atoms. The molecule has 1 fully saturated rings. The second kappa shape index (κ2) is 7.09. The molecule has 0 saturated carbocycles. The van der Waals surface area contributed by atoms with Gasteiger partial charge in [0, 0.05) is 31.2 Å². The Morgan fingerprint density at radius 2 is 2.12 bits per heavy atom. The Morgan fingerprint density at radius 3 is 2.88 bits per heavy atom. The topological polar surface area (TPSA) is 61.0 Å². The molecular weight excluding hydrogens is 331 g/mol. The molecule has 5 nitrogen and oxygen atoms in total. The highest BCUT2D eigenvalue weighted by Crippen LogP contribution is 2.30. The molecule has 2 aromatic rings. The van der Waals surface area contributed by atoms with Gasteiger partial charge in [0.25, 0.3) is 0 Å². The summed E-state index contributed by atoms with van der Waals surface area (Å²) < 4.78 is 13.3. The zero-order valence-electron chi connectivity index (χ0n) is 15.1. The van der Waals surface area contributed by atoms with Crippen LogP contribution in [0.3, 0.4) is 0 Å². The number of amides is 2. The number of piperidine rings is 1. The highest BCUT2D eigenvalue weighted by atomic mass is 19.1. The van der Waals surface area contributed by atoms with Crippen molar-refractivity contribution >= 4 is 6.03 Å². The summed E-state index contributed by atoms with van der Waals surface area (Å²) >= 11 is 0. The van der Waals surface area contributed by atoms with Gasteiger partial charge in [0.15, 0.2) is 0 Å². The van der Waals surface area contributed by atoms with E-state index in [1.54, 1.807) is 6.07 Å². The molecular formula is C20H25FN4O. The van der Waals surface area contributed by atoms with Crippen LogP contribution in [0.4, 0.5) is 9.18 Å². The van der Waals surface area contributed by atoms with Gasteiger partial charge >= 0.3 is 6.03 Å². The van der Waals surface area contributed by atoms with Crippen LogP contribution in [0.5, 0.6) is 0 Å². The molecule has 138 valence electrons. The van der Waals surface area contributed by atoms with Gasteiger partial charge in [-0.1, -0.05) is 6.07 Å². The highest BCUT2D eigenvalue weighted by molar-refractivity contribution is 5.74. The van der Waals surface area contributed by atoms with Crippen molar-refractivity contribution in [2.24, 2.45) is 0 Å². The third-order valence-corrected chi connectivity index (χ3v) is 5.80. The maximum atomic E-state index is 13.3. The van der Waals surface area contributed by atoms with Crippen molar-refractivity contribution in [2.75, 3.05) is 13.1 Å². The number of rotatable bonds is 2. The molecule has 26 heavy (non-hydrogen) atoms. The first kappa shape index (κ1) is 17.1. The molecule has 0 radical (unpaired) electrons. The first-order valence-electron chi connectivity index (χ1n) is 9.43. The van der Waals surface area contributed by atoms with E-state index in [-0.39, 0.29) is 17.9 Å². The van der Waals surface area contributed by atoms with Gasteiger partial charge in [-0.25, -0.2) is 9.18 Å². The van der Waals surface area contributed by atoms with E-state index < -0.39 is 0 Å². The fourth-order valence-corrected chi connectivity index (χ4v) is 4.29. The average molecular weight is 356 g/mol. The number of urea groups is 1. The standard InChI is InChI=1S/C20H25FN4O/c1-13-10-16(21)3-5-18(13)14-6-8-25(9-7-14)20(26)23-17-4-2-15-12-22-24-19(15)11-17/h3,5,10,12,14,17H,2,4,6-9,11H2,1H3,(H,22,24)(H,23,26). The minimum Gasteiger partial charge on any atom is -0.335 e. The molecule has 1 aromatic heterocycles. The number of aromatic amines is 1. The second-order valence-corrected chi connectivity index (χ2v) is 7.53. The number of nitrogens with one attached hydrogen (secondary N) is 2. The van der Waals surface area contributed by atoms with Gasteiger partial charge in [0.1, 0.15) is 5.82 Å². The molecule has 1 atom stereocenters. The Bertz CT molecular complexity index is 795. The van der Waals surface area contributed by atoms with Gasteiger partial charge < -0.3 is 10.2 Å². The number of nitrogens with zero attached hydrogens (tertiary/aromatic N) is 2. The third-order valence-electron chi connectivity index (χ3n) is 5.80. The number of benzene rings is 1. The van der Waals surface area contributed by atoms with Crippen LogP contribution in [0.15, 0.2) is 24.4 Å². The van der Waals surface area contributed by atoms with Crippen molar-refractivity contribution in [3.8, 4) is 0 Å². The van der Waals surface area contributed by atoms with Gasteiger partial charge in [0.05, 0.1) is 6.20 Å². The van der Waals surface area contributed by atoms with Crippen molar-refractivity contribution < 1.29 is 9.18 Å². The molecule has 1 aliphatic carbocycles. The summed E-state index contributed by atoms with van der Waals surface area (Å²) in [6, 6.07) is 5.24. The Kier molecular flexibility index (Phi) is 4.66. The predicted molar refractivity (Wildman–Crippen MR) is 97.6 cm³/mol. The fraction of sp³-hybridized carbons (Fsp3) is 0.500. The fourth-order valence-electron chi connectivity index (χ4n) is 4.29. The minimum absolute atomic E-state index is 0.0345. The monoisotopic (exact) mass is 356 g/mol. The van der Waals surface area contributed by atoms with Crippen LogP contribution in [-0.2, 0) is 12.8 Å². The van der Waals surface area contributed by atoms with Crippen molar-refractivity contribution in [1.29, 1.82) is 0 Å². The summed E-state index contributed by atoms with van der Waals surface area (Å²) in [4.78, 5) is 14.5. The lowest BCUT2D eigenvalue weighted by atomic mass is 9.87. The third kappa shape index (κ3) is 3.45. The van der Waals surface area contributed by atoms with Crippen LogP contribution < -0.4 is 5.32 Å². The van der Waals surface area contributed by atoms with E-state index in [2.05, 4.69) is 15.5 Å². The lowest BCUT2D eigenvalue weighted by Crippen LogP contribution is -2.49. The second-order valence-electron chi connectivity index (χ2n) is 7.53. The number of likely N-dealkylation sites (tertiary alicyclic amines) is 1. The molecule has 0 bridgehead atoms. The molecule has 2 aliphatic rings. The Hall–Kier alpha value is -2.37. The number of halogens is 1. The SMILES string of the molecule is Cc1cc(F)ccc1C1CCN(C(=O)NC2CCc3cn[nH]c3C2)CC1. The van der Waals surface area contributed by atoms with E-state index >= 15 is 0 Å². The largest absolute Gasteiger partial charge is 0.335 e. The summed E-state index contributed by atoms with van der Waals surface area (Å²) in [7, 11) is 0. The van der Waals surface area contributed by atoms with E-state index in [0.29, 0.717) is 5.92 Å². The summed E-state index contributed by atoms with van der Waals surface area (Å²) in [6.07, 6.45) is 6.48. The first-order chi connectivity index (χ1) is 12.6. The number of fused-ring (bicyclic) bond motifs is 1. The number of carbonyl (C=O) groups is 1. The average Bonchev–Trinajstić information content (AvgIpc) is 3.10. The minimum atomic E-state index is -0.184. The molecule has 1 aromatic carbocycles. The number of aromatic nitrogens is 2. The summed E-state index contributed by atoms with van der Waals surface area (Å²) in [6.45, 7) is 3.45. The van der Waals surface area contributed by atoms with Gasteiger partial charge in [-0.2, -0.15) is 5.10 Å². The molecule has 2 heterocycles. The molecule has 2 N–H and O–H groups in total. The van der Waals surface area contributed by atoms with Crippen molar-refractivity contribution in [1.82, 2.24) is 20.4 Å². The first-order valence-corrected chi connectivity index (χ1v) is 9.43. The maximum absolute atomic E-state index is 13.3. The van der Waals surface area contributed by atoms with Crippen molar-refractivity contribution in [3.63, 3.8) is 0 Å². The van der Waals surface area contributed by atoms with E-state index in [4.69, 9.17) is 0 Å².